The van der Waals surface area contributed by atoms with E-state index in [1.54, 1.807) is 4.57 Å². The minimum atomic E-state index is -4.93. The fourth-order valence-electron chi connectivity index (χ4n) is 4.15. The van der Waals surface area contributed by atoms with E-state index in [2.05, 4.69) is 9.88 Å². The number of piperidine rings is 1. The molecule has 1 aliphatic heterocycles. The Balaban J connectivity index is 1.56. The lowest BCUT2D eigenvalue weighted by Gasteiger charge is -2.32. The topological polar surface area (TPSA) is 77.0 Å². The minimum absolute atomic E-state index is 0.219. The second-order valence-corrected chi connectivity index (χ2v) is 7.99. The number of halogens is 3. The summed E-state index contributed by atoms with van der Waals surface area (Å²) in [5.41, 5.74) is 8.33. The summed E-state index contributed by atoms with van der Waals surface area (Å²) in [7, 11) is 0. The van der Waals surface area contributed by atoms with E-state index in [0.717, 1.165) is 48.6 Å². The van der Waals surface area contributed by atoms with Crippen molar-refractivity contribution in [2.24, 2.45) is 5.73 Å². The number of carbonyl (C=O) groups is 1. The molecule has 5 rings (SSSR count). The summed E-state index contributed by atoms with van der Waals surface area (Å²) in [5.74, 6) is -1.29. The maximum Gasteiger partial charge on any atom is 0.454 e. The first-order valence-corrected chi connectivity index (χ1v) is 10.3. The average Bonchev–Trinajstić information content (AvgIpc) is 3.21. The Hall–Kier alpha value is -3.46. The molecule has 2 aromatic heterocycles. The number of carbonyl (C=O) groups excluding carboxylic acids is 1. The molecule has 4 aromatic rings. The van der Waals surface area contributed by atoms with Crippen molar-refractivity contribution in [2.45, 2.75) is 25.1 Å². The number of aromatic nitrogens is 3. The molecule has 2 aromatic carbocycles. The highest BCUT2D eigenvalue weighted by atomic mass is 19.4. The largest absolute Gasteiger partial charge is 0.454 e. The van der Waals surface area contributed by atoms with Gasteiger partial charge in [-0.1, -0.05) is 12.1 Å². The van der Waals surface area contributed by atoms with E-state index >= 15 is 0 Å². The molecule has 1 aliphatic rings. The van der Waals surface area contributed by atoms with Crippen molar-refractivity contribution in [3.63, 3.8) is 0 Å². The van der Waals surface area contributed by atoms with E-state index < -0.39 is 17.5 Å². The third-order valence-electron chi connectivity index (χ3n) is 5.88. The van der Waals surface area contributed by atoms with Gasteiger partial charge in [-0.15, -0.1) is 0 Å². The highest BCUT2D eigenvalue weighted by molar-refractivity contribution is 6.02. The van der Waals surface area contributed by atoms with E-state index in [1.807, 2.05) is 30.3 Å². The molecule has 0 amide bonds. The van der Waals surface area contributed by atoms with Gasteiger partial charge in [0.15, 0.2) is 0 Å². The standard InChI is InChI=1S/C23H20F3N5O/c24-23(25,26)22(32)15-4-6-18-17(12-15)28-13-31(18)20-7-5-14-2-1-3-19(21(14)29-20)30-10-8-16(27)9-11-30/h1-7,12-13,16H,8-11,27H2. The molecule has 0 aliphatic carbocycles. The van der Waals surface area contributed by atoms with E-state index in [-0.39, 0.29) is 6.04 Å². The van der Waals surface area contributed by atoms with Crippen LogP contribution in [0, 0.1) is 0 Å². The van der Waals surface area contributed by atoms with Gasteiger partial charge in [-0.3, -0.25) is 9.36 Å². The molecule has 0 unspecified atom stereocenters. The molecule has 32 heavy (non-hydrogen) atoms. The van der Waals surface area contributed by atoms with Crippen LogP contribution in [0.1, 0.15) is 23.2 Å². The molecule has 1 saturated heterocycles. The number of ketones is 1. The van der Waals surface area contributed by atoms with Gasteiger partial charge >= 0.3 is 6.18 Å². The molecule has 3 heterocycles. The van der Waals surface area contributed by atoms with Crippen LogP contribution in [-0.4, -0.2) is 45.6 Å². The number of pyridine rings is 1. The van der Waals surface area contributed by atoms with E-state index in [4.69, 9.17) is 10.7 Å². The number of fused-ring (bicyclic) bond motifs is 2. The summed E-state index contributed by atoms with van der Waals surface area (Å²) in [4.78, 5) is 22.9. The second kappa shape index (κ2) is 7.59. The molecular weight excluding hydrogens is 419 g/mol. The summed E-state index contributed by atoms with van der Waals surface area (Å²) in [6, 6.07) is 13.8. The van der Waals surface area contributed by atoms with Crippen molar-refractivity contribution >= 4 is 33.4 Å². The van der Waals surface area contributed by atoms with Crippen LogP contribution in [0.15, 0.2) is 54.9 Å². The van der Waals surface area contributed by atoms with Crippen LogP contribution in [0.5, 0.6) is 0 Å². The number of hydrogen-bond acceptors (Lipinski definition) is 5. The van der Waals surface area contributed by atoms with Crippen LogP contribution < -0.4 is 10.6 Å². The summed E-state index contributed by atoms with van der Waals surface area (Å²) in [6.45, 7) is 1.71. The highest BCUT2D eigenvalue weighted by Crippen LogP contribution is 2.30. The van der Waals surface area contributed by atoms with Crippen LogP contribution in [0.4, 0.5) is 18.9 Å². The number of anilines is 1. The van der Waals surface area contributed by atoms with Gasteiger partial charge in [-0.2, -0.15) is 13.2 Å². The molecule has 1 fully saturated rings. The zero-order valence-corrected chi connectivity index (χ0v) is 17.0. The minimum Gasteiger partial charge on any atom is -0.370 e. The van der Waals surface area contributed by atoms with Gasteiger partial charge in [0.05, 0.1) is 22.2 Å². The predicted octanol–water partition coefficient (Wildman–Crippen LogP) is 4.25. The van der Waals surface area contributed by atoms with Crippen LogP contribution in [0.25, 0.3) is 27.8 Å². The summed E-state index contributed by atoms with van der Waals surface area (Å²) >= 11 is 0. The van der Waals surface area contributed by atoms with Crippen molar-refractivity contribution in [2.75, 3.05) is 18.0 Å². The molecule has 2 N–H and O–H groups in total. The number of nitrogens with two attached hydrogens (primary N) is 1. The van der Waals surface area contributed by atoms with Crippen molar-refractivity contribution < 1.29 is 18.0 Å². The number of Topliss-reactive ketones (excluding diaryl/α,β-unsaturated/α-hetero) is 1. The summed E-state index contributed by atoms with van der Waals surface area (Å²) in [5, 5.41) is 0.989. The number of hydrogen-bond donors (Lipinski definition) is 1. The SMILES string of the molecule is NC1CCN(c2cccc3ccc(-n4cnc5cc(C(=O)C(F)(F)F)ccc54)nc23)CC1. The Kier molecular flexibility index (Phi) is 4.85. The molecule has 0 atom stereocenters. The lowest BCUT2D eigenvalue weighted by atomic mass is 10.0. The average molecular weight is 439 g/mol. The first-order chi connectivity index (χ1) is 15.3. The van der Waals surface area contributed by atoms with E-state index in [1.165, 1.54) is 18.5 Å². The van der Waals surface area contributed by atoms with Gasteiger partial charge in [0.2, 0.25) is 0 Å². The molecule has 0 bridgehead atoms. The van der Waals surface area contributed by atoms with Crippen LogP contribution in [-0.2, 0) is 0 Å². The Morgan fingerprint density at radius 1 is 1.06 bits per heavy atom. The van der Waals surface area contributed by atoms with Crippen LogP contribution in [0.2, 0.25) is 0 Å². The van der Waals surface area contributed by atoms with Gasteiger partial charge in [-0.25, -0.2) is 9.97 Å². The van der Waals surface area contributed by atoms with Crippen LogP contribution in [0.3, 0.4) is 0 Å². The maximum atomic E-state index is 12.8. The molecule has 9 heteroatoms. The van der Waals surface area contributed by atoms with Crippen molar-refractivity contribution in [1.82, 2.24) is 14.5 Å². The van der Waals surface area contributed by atoms with Crippen molar-refractivity contribution in [3.05, 3.63) is 60.4 Å². The first kappa shape index (κ1) is 20.4. The highest BCUT2D eigenvalue weighted by Gasteiger charge is 2.39. The molecule has 0 spiro atoms. The molecule has 0 radical (unpaired) electrons. The van der Waals surface area contributed by atoms with Crippen LogP contribution >= 0.6 is 0 Å². The van der Waals surface area contributed by atoms with Gasteiger partial charge in [0, 0.05) is 30.1 Å². The lowest BCUT2D eigenvalue weighted by molar-refractivity contribution is -0.0885. The third-order valence-corrected chi connectivity index (χ3v) is 5.88. The van der Waals surface area contributed by atoms with Gasteiger partial charge in [0.1, 0.15) is 12.1 Å². The Morgan fingerprint density at radius 3 is 2.59 bits per heavy atom. The van der Waals surface area contributed by atoms with Gasteiger partial charge < -0.3 is 10.6 Å². The normalized spacial score (nSPS) is 15.6. The molecule has 6 nitrogen and oxygen atoms in total. The van der Waals surface area contributed by atoms with Crippen molar-refractivity contribution in [1.29, 1.82) is 0 Å². The molecule has 0 saturated carbocycles. The number of rotatable bonds is 3. The van der Waals surface area contributed by atoms with Gasteiger partial charge in [0.25, 0.3) is 5.78 Å². The maximum absolute atomic E-state index is 12.8. The van der Waals surface area contributed by atoms with E-state index in [0.29, 0.717) is 16.9 Å². The van der Waals surface area contributed by atoms with Crippen molar-refractivity contribution in [3.8, 4) is 5.82 Å². The zero-order chi connectivity index (χ0) is 22.5. The number of imidazole rings is 1. The fraction of sp³-hybridized carbons (Fsp3) is 0.261. The summed E-state index contributed by atoms with van der Waals surface area (Å²) in [6.07, 6.45) is -1.59. The quantitative estimate of drug-likeness (QED) is 0.483. The smallest absolute Gasteiger partial charge is 0.370 e. The number of para-hydroxylation sites is 1. The Morgan fingerprint density at radius 2 is 1.84 bits per heavy atom. The Bertz CT molecular complexity index is 1320. The summed E-state index contributed by atoms with van der Waals surface area (Å²) < 4.78 is 40.0. The second-order valence-electron chi connectivity index (χ2n) is 7.99. The number of nitrogens with zero attached hydrogens (tertiary/aromatic N) is 4. The molecular formula is C23H20F3N5O. The number of benzene rings is 2. The molecule has 164 valence electrons. The fourth-order valence-corrected chi connectivity index (χ4v) is 4.15. The predicted molar refractivity (Wildman–Crippen MR) is 116 cm³/mol. The zero-order valence-electron chi connectivity index (χ0n) is 17.0. The third kappa shape index (κ3) is 3.58. The first-order valence-electron chi connectivity index (χ1n) is 10.3. The van der Waals surface area contributed by atoms with Gasteiger partial charge in [-0.05, 0) is 49.2 Å². The Labute approximate surface area is 181 Å². The van der Waals surface area contributed by atoms with E-state index in [9.17, 15) is 18.0 Å². The lowest BCUT2D eigenvalue weighted by Crippen LogP contribution is -2.39. The monoisotopic (exact) mass is 439 g/mol. The number of alkyl halides is 3.